The van der Waals surface area contributed by atoms with Gasteiger partial charge in [0.1, 0.15) is 4.90 Å². The Labute approximate surface area is 162 Å². The number of hydrogen-bond donors (Lipinski definition) is 1. The normalized spacial score (nSPS) is 13.9. The van der Waals surface area contributed by atoms with Crippen LogP contribution in [0.5, 0.6) is 0 Å². The second-order valence-electron chi connectivity index (χ2n) is 6.58. The maximum Gasteiger partial charge on any atom is 0.263 e. The Morgan fingerprint density at radius 3 is 2.33 bits per heavy atom. The number of anilines is 1. The first-order valence-corrected chi connectivity index (χ1v) is 12.0. The van der Waals surface area contributed by atoms with Crippen molar-refractivity contribution in [3.63, 3.8) is 0 Å². The van der Waals surface area contributed by atoms with E-state index >= 15 is 0 Å². The van der Waals surface area contributed by atoms with E-state index in [1.807, 2.05) is 24.3 Å². The minimum atomic E-state index is -4.07. The van der Waals surface area contributed by atoms with Crippen LogP contribution in [0.15, 0.2) is 58.3 Å². The van der Waals surface area contributed by atoms with Crippen LogP contribution in [-0.2, 0) is 32.7 Å². The Morgan fingerprint density at radius 2 is 1.63 bits per heavy atom. The third-order valence-electron chi connectivity index (χ3n) is 4.74. The van der Waals surface area contributed by atoms with Gasteiger partial charge < -0.3 is 0 Å². The van der Waals surface area contributed by atoms with Gasteiger partial charge in [-0.1, -0.05) is 35.9 Å². The second kappa shape index (κ2) is 6.22. The van der Waals surface area contributed by atoms with Crippen molar-refractivity contribution < 1.29 is 16.8 Å². The topological polar surface area (TPSA) is 80.3 Å². The van der Waals surface area contributed by atoms with Gasteiger partial charge in [0.25, 0.3) is 10.0 Å². The average molecular weight is 422 g/mol. The third kappa shape index (κ3) is 3.20. The molecule has 0 amide bonds. The highest BCUT2D eigenvalue weighted by molar-refractivity contribution is 7.93. The Hall–Kier alpha value is -2.09. The van der Waals surface area contributed by atoms with Gasteiger partial charge in [0.05, 0.1) is 15.6 Å². The Bertz CT molecular complexity index is 1290. The highest BCUT2D eigenvalue weighted by Crippen LogP contribution is 2.36. The molecule has 0 aliphatic heterocycles. The summed E-state index contributed by atoms with van der Waals surface area (Å²) < 4.78 is 52.0. The van der Waals surface area contributed by atoms with Crippen LogP contribution >= 0.6 is 11.6 Å². The Kier molecular flexibility index (Phi) is 4.21. The fraction of sp³-hybridized carbons (Fsp3) is 0.158. The van der Waals surface area contributed by atoms with E-state index < -0.39 is 19.9 Å². The van der Waals surface area contributed by atoms with Gasteiger partial charge in [-0.2, -0.15) is 0 Å². The van der Waals surface area contributed by atoms with Crippen LogP contribution in [0.2, 0.25) is 5.02 Å². The van der Waals surface area contributed by atoms with Gasteiger partial charge >= 0.3 is 0 Å². The molecule has 27 heavy (non-hydrogen) atoms. The van der Waals surface area contributed by atoms with Crippen molar-refractivity contribution in [1.29, 1.82) is 0 Å². The molecule has 0 heterocycles. The van der Waals surface area contributed by atoms with Gasteiger partial charge in [0.15, 0.2) is 9.84 Å². The highest BCUT2D eigenvalue weighted by Gasteiger charge is 2.23. The fourth-order valence-corrected chi connectivity index (χ4v) is 5.78. The van der Waals surface area contributed by atoms with E-state index in [-0.39, 0.29) is 14.8 Å². The van der Waals surface area contributed by atoms with Crippen molar-refractivity contribution in [3.05, 3.63) is 64.7 Å². The Morgan fingerprint density at radius 1 is 0.926 bits per heavy atom. The largest absolute Gasteiger partial charge is 0.279 e. The number of sulfone groups is 1. The molecule has 0 saturated heterocycles. The average Bonchev–Trinajstić information content (AvgIpc) is 3.01. The summed E-state index contributed by atoms with van der Waals surface area (Å²) in [6, 6.07) is 13.1. The van der Waals surface area contributed by atoms with E-state index in [4.69, 9.17) is 11.6 Å². The number of hydrogen-bond acceptors (Lipinski definition) is 4. The number of benzene rings is 3. The van der Waals surface area contributed by atoms with Crippen molar-refractivity contribution in [2.75, 3.05) is 11.0 Å². The zero-order valence-electron chi connectivity index (χ0n) is 14.4. The SMILES string of the molecule is CS(=O)(=O)c1ccc(Cl)c(S(=O)(=O)Nc2ccc3c4c(cccc24)CC3)c1. The summed E-state index contributed by atoms with van der Waals surface area (Å²) in [4.78, 5) is -0.372. The number of nitrogens with one attached hydrogen (secondary N) is 1. The van der Waals surface area contributed by atoms with Crippen molar-refractivity contribution in [2.45, 2.75) is 22.6 Å². The van der Waals surface area contributed by atoms with Crippen molar-refractivity contribution in [2.24, 2.45) is 0 Å². The summed E-state index contributed by atoms with van der Waals surface area (Å²) in [6.07, 6.45) is 2.89. The molecule has 8 heteroatoms. The molecule has 3 aromatic rings. The maximum absolute atomic E-state index is 12.9. The number of aryl methyl sites for hydroxylation is 2. The molecule has 0 radical (unpaired) electrons. The minimum Gasteiger partial charge on any atom is -0.279 e. The molecule has 0 fully saturated rings. The van der Waals surface area contributed by atoms with Crippen LogP contribution in [-0.4, -0.2) is 23.1 Å². The molecule has 140 valence electrons. The molecule has 0 unspecified atom stereocenters. The van der Waals surface area contributed by atoms with Crippen molar-refractivity contribution in [1.82, 2.24) is 0 Å². The summed E-state index contributed by atoms with van der Waals surface area (Å²) in [5.74, 6) is 0. The minimum absolute atomic E-state index is 0.0409. The monoisotopic (exact) mass is 421 g/mol. The first-order chi connectivity index (χ1) is 12.7. The highest BCUT2D eigenvalue weighted by atomic mass is 35.5. The lowest BCUT2D eigenvalue weighted by molar-refractivity contribution is 0.600. The van der Waals surface area contributed by atoms with Crippen LogP contribution in [0.1, 0.15) is 11.1 Å². The molecular formula is C19H16ClNO4S2. The first-order valence-electron chi connectivity index (χ1n) is 8.23. The number of halogens is 1. The van der Waals surface area contributed by atoms with E-state index in [9.17, 15) is 16.8 Å². The molecular weight excluding hydrogens is 406 g/mol. The van der Waals surface area contributed by atoms with Crippen LogP contribution in [0.4, 0.5) is 5.69 Å². The zero-order valence-corrected chi connectivity index (χ0v) is 16.7. The molecule has 4 rings (SSSR count). The summed E-state index contributed by atoms with van der Waals surface area (Å²) in [5.41, 5.74) is 2.83. The van der Waals surface area contributed by atoms with E-state index in [1.165, 1.54) is 23.3 Å². The van der Waals surface area contributed by atoms with Crippen LogP contribution < -0.4 is 4.72 Å². The van der Waals surface area contributed by atoms with E-state index in [0.717, 1.165) is 35.9 Å². The lowest BCUT2D eigenvalue weighted by Gasteiger charge is -2.13. The summed E-state index contributed by atoms with van der Waals surface area (Å²) in [5, 5.41) is 1.86. The molecule has 5 nitrogen and oxygen atoms in total. The molecule has 1 aliphatic rings. The predicted octanol–water partition coefficient (Wildman–Crippen LogP) is 3.80. The lowest BCUT2D eigenvalue weighted by Crippen LogP contribution is -2.14. The third-order valence-corrected chi connectivity index (χ3v) is 7.70. The molecule has 0 spiro atoms. The molecule has 0 bridgehead atoms. The van der Waals surface area contributed by atoms with E-state index in [2.05, 4.69) is 4.72 Å². The number of sulfonamides is 1. The van der Waals surface area contributed by atoms with Gasteiger partial charge in [-0.25, -0.2) is 16.8 Å². The van der Waals surface area contributed by atoms with E-state index in [1.54, 1.807) is 6.07 Å². The predicted molar refractivity (Wildman–Crippen MR) is 107 cm³/mol. The standard InChI is InChI=1S/C19H16ClNO4S2/c1-26(22,23)14-8-9-16(20)18(11-14)27(24,25)21-17-10-7-13-6-5-12-3-2-4-15(17)19(12)13/h2-4,7-11,21H,5-6H2,1H3. The Balaban J connectivity index is 1.83. The van der Waals surface area contributed by atoms with Gasteiger partial charge in [0.2, 0.25) is 0 Å². The summed E-state index contributed by atoms with van der Waals surface area (Å²) in [7, 11) is -7.63. The molecule has 0 aromatic heterocycles. The molecule has 0 saturated carbocycles. The van der Waals surface area contributed by atoms with Gasteiger partial charge in [-0.05, 0) is 53.6 Å². The zero-order chi connectivity index (χ0) is 19.4. The van der Waals surface area contributed by atoms with Gasteiger partial charge in [-0.3, -0.25) is 4.72 Å². The maximum atomic E-state index is 12.9. The van der Waals surface area contributed by atoms with Crippen LogP contribution in [0.3, 0.4) is 0 Å². The van der Waals surface area contributed by atoms with Crippen LogP contribution in [0.25, 0.3) is 10.8 Å². The first kappa shape index (κ1) is 18.3. The smallest absolute Gasteiger partial charge is 0.263 e. The van der Waals surface area contributed by atoms with Gasteiger partial charge in [-0.15, -0.1) is 0 Å². The molecule has 1 aliphatic carbocycles. The fourth-order valence-electron chi connectivity index (χ4n) is 3.46. The van der Waals surface area contributed by atoms with Crippen molar-refractivity contribution in [3.8, 4) is 0 Å². The lowest BCUT2D eigenvalue weighted by atomic mass is 10.0. The quantitative estimate of drug-likeness (QED) is 0.694. The van der Waals surface area contributed by atoms with Gasteiger partial charge in [0, 0.05) is 11.6 Å². The summed E-state index contributed by atoms with van der Waals surface area (Å²) >= 11 is 6.06. The van der Waals surface area contributed by atoms with E-state index in [0.29, 0.717) is 5.69 Å². The van der Waals surface area contributed by atoms with Crippen LogP contribution in [0, 0.1) is 0 Å². The second-order valence-corrected chi connectivity index (χ2v) is 10.7. The summed E-state index contributed by atoms with van der Waals surface area (Å²) in [6.45, 7) is 0. The van der Waals surface area contributed by atoms with Crippen molar-refractivity contribution >= 4 is 47.9 Å². The molecule has 3 aromatic carbocycles. The molecule has 0 atom stereocenters. The molecule has 1 N–H and O–H groups in total. The number of rotatable bonds is 4.